The van der Waals surface area contributed by atoms with Crippen LogP contribution in [0, 0.1) is 5.92 Å². The smallest absolute Gasteiger partial charge is 0.218 e. The highest BCUT2D eigenvalue weighted by Gasteiger charge is 2.22. The third kappa shape index (κ3) is 5.64. The fourth-order valence-corrected chi connectivity index (χ4v) is 0.996. The van der Waals surface area contributed by atoms with Gasteiger partial charge < -0.3 is 9.47 Å². The van der Waals surface area contributed by atoms with Crippen molar-refractivity contribution >= 4 is 11.6 Å². The molecule has 15 heavy (non-hydrogen) atoms. The molecule has 4 nitrogen and oxygen atoms in total. The first kappa shape index (κ1) is 14.3. The lowest BCUT2D eigenvalue weighted by Gasteiger charge is -2.15. The molecule has 0 spiro atoms. The molecule has 0 unspecified atom stereocenters. The lowest BCUT2D eigenvalue weighted by Crippen LogP contribution is -2.30. The van der Waals surface area contributed by atoms with E-state index < -0.39 is 6.29 Å². The van der Waals surface area contributed by atoms with Crippen LogP contribution >= 0.6 is 0 Å². The van der Waals surface area contributed by atoms with E-state index in [1.54, 1.807) is 27.7 Å². The van der Waals surface area contributed by atoms with Crippen LogP contribution in [0.3, 0.4) is 0 Å². The van der Waals surface area contributed by atoms with E-state index in [0.717, 1.165) is 0 Å². The summed E-state index contributed by atoms with van der Waals surface area (Å²) < 4.78 is 10.2. The van der Waals surface area contributed by atoms with Gasteiger partial charge in [0.1, 0.15) is 5.78 Å². The molecule has 0 saturated carbocycles. The molecule has 0 rings (SSSR count). The van der Waals surface area contributed by atoms with Crippen LogP contribution in [0.1, 0.15) is 34.1 Å². The Morgan fingerprint density at radius 3 is 1.80 bits per heavy atom. The first-order chi connectivity index (χ1) is 7.02. The van der Waals surface area contributed by atoms with E-state index in [1.807, 2.05) is 0 Å². The highest BCUT2D eigenvalue weighted by molar-refractivity contribution is 6.01. The quantitative estimate of drug-likeness (QED) is 0.456. The largest absolute Gasteiger partial charge is 0.346 e. The first-order valence-corrected chi connectivity index (χ1v) is 5.31. The zero-order chi connectivity index (χ0) is 11.8. The molecule has 0 amide bonds. The third-order valence-electron chi connectivity index (χ3n) is 1.89. The van der Waals surface area contributed by atoms with E-state index in [1.165, 1.54) is 0 Å². The molecule has 0 saturated heterocycles. The van der Waals surface area contributed by atoms with E-state index in [2.05, 4.69) is 0 Å². The van der Waals surface area contributed by atoms with Gasteiger partial charge in [-0.1, -0.05) is 13.8 Å². The molecule has 0 aromatic rings. The molecule has 0 atom stereocenters. The van der Waals surface area contributed by atoms with Crippen LogP contribution in [-0.2, 0) is 19.1 Å². The van der Waals surface area contributed by atoms with Gasteiger partial charge in [-0.2, -0.15) is 0 Å². The second-order valence-electron chi connectivity index (χ2n) is 3.51. The molecule has 0 N–H and O–H groups in total. The molecule has 0 aromatic heterocycles. The van der Waals surface area contributed by atoms with Crippen molar-refractivity contribution in [2.24, 2.45) is 5.92 Å². The Morgan fingerprint density at radius 1 is 1.00 bits per heavy atom. The molecule has 0 aliphatic heterocycles. The van der Waals surface area contributed by atoms with Crippen LogP contribution in [0.5, 0.6) is 0 Å². The van der Waals surface area contributed by atoms with Crippen LogP contribution in [0.25, 0.3) is 0 Å². The zero-order valence-electron chi connectivity index (χ0n) is 9.91. The molecule has 0 fully saturated rings. The molecule has 0 radical (unpaired) electrons. The summed E-state index contributed by atoms with van der Waals surface area (Å²) in [5.74, 6) is -0.500. The van der Waals surface area contributed by atoms with Gasteiger partial charge in [-0.25, -0.2) is 0 Å². The van der Waals surface area contributed by atoms with Gasteiger partial charge in [0.25, 0.3) is 0 Å². The number of Topliss-reactive ketones (excluding diaryl/α,β-unsaturated/α-hetero) is 2. The highest BCUT2D eigenvalue weighted by Crippen LogP contribution is 2.05. The first-order valence-electron chi connectivity index (χ1n) is 5.31. The molecule has 0 aliphatic rings. The summed E-state index contributed by atoms with van der Waals surface area (Å²) in [6, 6.07) is 0. The second kappa shape index (κ2) is 7.54. The summed E-state index contributed by atoms with van der Waals surface area (Å²) >= 11 is 0. The Labute approximate surface area is 90.9 Å². The summed E-state index contributed by atoms with van der Waals surface area (Å²) in [6.07, 6.45) is -0.995. The third-order valence-corrected chi connectivity index (χ3v) is 1.89. The van der Waals surface area contributed by atoms with Crippen LogP contribution in [0.15, 0.2) is 0 Å². The lowest BCUT2D eigenvalue weighted by atomic mass is 10.0. The van der Waals surface area contributed by atoms with Gasteiger partial charge in [0.05, 0.1) is 6.42 Å². The van der Waals surface area contributed by atoms with Gasteiger partial charge in [0.2, 0.25) is 6.29 Å². The molecule has 4 heteroatoms. The average Bonchev–Trinajstić information content (AvgIpc) is 2.17. The predicted octanol–water partition coefficient (Wildman–Crippen LogP) is 1.57. The monoisotopic (exact) mass is 216 g/mol. The second-order valence-corrected chi connectivity index (χ2v) is 3.51. The van der Waals surface area contributed by atoms with E-state index in [-0.39, 0.29) is 23.9 Å². The summed E-state index contributed by atoms with van der Waals surface area (Å²) in [5.41, 5.74) is 0. The van der Waals surface area contributed by atoms with Crippen LogP contribution < -0.4 is 0 Å². The predicted molar refractivity (Wildman–Crippen MR) is 56.5 cm³/mol. The van der Waals surface area contributed by atoms with Gasteiger partial charge in [0, 0.05) is 19.1 Å². The minimum atomic E-state index is -0.886. The van der Waals surface area contributed by atoms with Crippen LogP contribution in [0.4, 0.5) is 0 Å². The number of hydrogen-bond acceptors (Lipinski definition) is 4. The Morgan fingerprint density at radius 2 is 1.47 bits per heavy atom. The number of rotatable bonds is 8. The van der Waals surface area contributed by atoms with Crippen molar-refractivity contribution in [1.82, 2.24) is 0 Å². The number of carbonyl (C=O) groups excluding carboxylic acids is 2. The fraction of sp³-hybridized carbons (Fsp3) is 0.818. The van der Waals surface area contributed by atoms with Crippen molar-refractivity contribution in [3.63, 3.8) is 0 Å². The lowest BCUT2D eigenvalue weighted by molar-refractivity contribution is -0.168. The summed E-state index contributed by atoms with van der Waals surface area (Å²) in [5, 5.41) is 0. The van der Waals surface area contributed by atoms with Gasteiger partial charge in [-0.05, 0) is 13.8 Å². The summed E-state index contributed by atoms with van der Waals surface area (Å²) in [7, 11) is 0. The highest BCUT2D eigenvalue weighted by atomic mass is 16.7. The number of hydrogen-bond donors (Lipinski definition) is 0. The van der Waals surface area contributed by atoms with Crippen LogP contribution in [0.2, 0.25) is 0 Å². The van der Waals surface area contributed by atoms with Crippen molar-refractivity contribution in [3.8, 4) is 0 Å². The number of carbonyl (C=O) groups is 2. The molecule has 0 aromatic carbocycles. The van der Waals surface area contributed by atoms with Crippen molar-refractivity contribution in [3.05, 3.63) is 0 Å². The Kier molecular flexibility index (Phi) is 7.17. The van der Waals surface area contributed by atoms with Crippen molar-refractivity contribution in [2.75, 3.05) is 13.2 Å². The molecule has 0 aliphatic carbocycles. The van der Waals surface area contributed by atoms with Gasteiger partial charge in [0.15, 0.2) is 5.78 Å². The van der Waals surface area contributed by atoms with E-state index in [4.69, 9.17) is 9.47 Å². The molecule has 88 valence electrons. The van der Waals surface area contributed by atoms with Gasteiger partial charge in [-0.15, -0.1) is 0 Å². The maximum absolute atomic E-state index is 11.6. The van der Waals surface area contributed by atoms with Gasteiger partial charge in [-0.3, -0.25) is 9.59 Å². The zero-order valence-corrected chi connectivity index (χ0v) is 9.91. The molecule has 0 bridgehead atoms. The fourth-order valence-electron chi connectivity index (χ4n) is 0.996. The minimum Gasteiger partial charge on any atom is -0.346 e. The molecular formula is C11H20O4. The number of ketones is 2. The van der Waals surface area contributed by atoms with E-state index in [0.29, 0.717) is 13.2 Å². The SMILES string of the molecule is CCOC(OCC)C(=O)CC(=O)C(C)C. The minimum absolute atomic E-state index is 0.0793. The average molecular weight is 216 g/mol. The van der Waals surface area contributed by atoms with Gasteiger partial charge >= 0.3 is 0 Å². The standard InChI is InChI=1S/C11H20O4/c1-5-14-11(15-6-2)10(13)7-9(12)8(3)4/h8,11H,5-7H2,1-4H3. The summed E-state index contributed by atoms with van der Waals surface area (Å²) in [4.78, 5) is 22.9. The topological polar surface area (TPSA) is 52.6 Å². The molecular weight excluding hydrogens is 196 g/mol. The Balaban J connectivity index is 4.18. The number of ether oxygens (including phenoxy) is 2. The summed E-state index contributed by atoms with van der Waals surface area (Å²) in [6.45, 7) is 7.89. The van der Waals surface area contributed by atoms with Crippen molar-refractivity contribution in [1.29, 1.82) is 0 Å². The normalized spacial score (nSPS) is 11.1. The maximum atomic E-state index is 11.6. The Bertz CT molecular complexity index is 205. The van der Waals surface area contributed by atoms with Crippen molar-refractivity contribution < 1.29 is 19.1 Å². The van der Waals surface area contributed by atoms with E-state index in [9.17, 15) is 9.59 Å². The van der Waals surface area contributed by atoms with Crippen LogP contribution in [-0.4, -0.2) is 31.1 Å². The van der Waals surface area contributed by atoms with E-state index >= 15 is 0 Å². The van der Waals surface area contributed by atoms with Crippen molar-refractivity contribution in [2.45, 2.75) is 40.4 Å². The Hall–Kier alpha value is -0.740. The maximum Gasteiger partial charge on any atom is 0.218 e. The molecule has 0 heterocycles.